The third kappa shape index (κ3) is 3.75. The average molecular weight is 217 g/mol. The monoisotopic (exact) mass is 217 g/mol. The molecule has 0 amide bonds. The van der Waals surface area contributed by atoms with E-state index in [1.54, 1.807) is 6.08 Å². The lowest BCUT2D eigenvalue weighted by molar-refractivity contribution is 0.322. The second-order valence-electron chi connectivity index (χ2n) is 2.11. The normalized spacial score (nSPS) is 9.92. The quantitative estimate of drug-likeness (QED) is 0.554. The summed E-state index contributed by atoms with van der Waals surface area (Å²) in [6.45, 7) is 4.45. The number of thioether (sulfide) groups is 1. The van der Waals surface area contributed by atoms with Crippen LogP contribution < -0.4 is 5.32 Å². The Labute approximate surface area is 85.1 Å². The molecule has 0 fully saturated rings. The van der Waals surface area contributed by atoms with Crippen molar-refractivity contribution in [2.45, 2.75) is 4.34 Å². The van der Waals surface area contributed by atoms with Gasteiger partial charge in [-0.1, -0.05) is 29.2 Å². The number of nitrogens with one attached hydrogen (secondary N) is 1. The predicted molar refractivity (Wildman–Crippen MR) is 56.4 cm³/mol. The van der Waals surface area contributed by atoms with Gasteiger partial charge in [-0.2, -0.15) is 0 Å². The molecule has 2 N–H and O–H groups in total. The fourth-order valence-electron chi connectivity index (χ4n) is 0.632. The Balaban J connectivity index is 2.38. The lowest BCUT2D eigenvalue weighted by Gasteiger charge is -1.92. The van der Waals surface area contributed by atoms with Gasteiger partial charge in [-0.05, 0) is 0 Å². The van der Waals surface area contributed by atoms with Gasteiger partial charge in [-0.3, -0.25) is 0 Å². The van der Waals surface area contributed by atoms with Crippen molar-refractivity contribution in [1.82, 2.24) is 10.2 Å². The zero-order valence-corrected chi connectivity index (χ0v) is 8.70. The largest absolute Gasteiger partial charge is 0.396 e. The van der Waals surface area contributed by atoms with Crippen LogP contribution in [-0.4, -0.2) is 34.2 Å². The fraction of sp³-hybridized carbons (Fsp3) is 0.429. The molecule has 0 aromatic carbocycles. The molecule has 1 heterocycles. The summed E-state index contributed by atoms with van der Waals surface area (Å²) in [4.78, 5) is 0. The third-order valence-electron chi connectivity index (χ3n) is 1.12. The van der Waals surface area contributed by atoms with Crippen molar-refractivity contribution in [1.29, 1.82) is 0 Å². The summed E-state index contributed by atoms with van der Waals surface area (Å²) in [5.41, 5.74) is 0. The molecule has 0 radical (unpaired) electrons. The van der Waals surface area contributed by atoms with Crippen LogP contribution in [0.2, 0.25) is 0 Å². The smallest absolute Gasteiger partial charge is 0.206 e. The molecule has 0 saturated carbocycles. The van der Waals surface area contributed by atoms with E-state index >= 15 is 0 Å². The van der Waals surface area contributed by atoms with Crippen molar-refractivity contribution in [2.24, 2.45) is 0 Å². The van der Waals surface area contributed by atoms with Crippen LogP contribution in [0.1, 0.15) is 0 Å². The molecule has 72 valence electrons. The van der Waals surface area contributed by atoms with Gasteiger partial charge < -0.3 is 10.4 Å². The number of anilines is 1. The molecule has 0 unspecified atom stereocenters. The Morgan fingerprint density at radius 3 is 3.15 bits per heavy atom. The number of hydrogen-bond donors (Lipinski definition) is 2. The summed E-state index contributed by atoms with van der Waals surface area (Å²) in [5.74, 6) is 0.663. The molecule has 6 heteroatoms. The lowest BCUT2D eigenvalue weighted by atomic mass is 10.6. The van der Waals surface area contributed by atoms with Crippen molar-refractivity contribution in [2.75, 3.05) is 24.2 Å². The summed E-state index contributed by atoms with van der Waals surface area (Å²) in [7, 11) is 0. The minimum Gasteiger partial charge on any atom is -0.396 e. The van der Waals surface area contributed by atoms with Gasteiger partial charge >= 0.3 is 0 Å². The average Bonchev–Trinajstić information content (AvgIpc) is 2.59. The van der Waals surface area contributed by atoms with Gasteiger partial charge in [0.2, 0.25) is 5.13 Å². The molecule has 0 atom stereocenters. The van der Waals surface area contributed by atoms with Crippen molar-refractivity contribution in [3.63, 3.8) is 0 Å². The summed E-state index contributed by atoms with van der Waals surface area (Å²) >= 11 is 2.99. The van der Waals surface area contributed by atoms with Gasteiger partial charge in [-0.25, -0.2) is 0 Å². The molecule has 13 heavy (non-hydrogen) atoms. The van der Waals surface area contributed by atoms with Crippen LogP contribution in [0.15, 0.2) is 17.0 Å². The Morgan fingerprint density at radius 2 is 2.46 bits per heavy atom. The molecular weight excluding hydrogens is 206 g/mol. The van der Waals surface area contributed by atoms with E-state index in [1.165, 1.54) is 23.1 Å². The van der Waals surface area contributed by atoms with Crippen molar-refractivity contribution in [3.05, 3.63) is 12.7 Å². The SMILES string of the molecule is C=CCNc1nnc(SCCO)s1. The highest BCUT2D eigenvalue weighted by atomic mass is 32.2. The van der Waals surface area contributed by atoms with Gasteiger partial charge in [0, 0.05) is 12.3 Å². The number of aliphatic hydroxyl groups excluding tert-OH is 1. The molecule has 1 aromatic rings. The van der Waals surface area contributed by atoms with Crippen LogP contribution in [0, 0.1) is 0 Å². The molecule has 1 rings (SSSR count). The first-order valence-corrected chi connectivity index (χ1v) is 5.59. The van der Waals surface area contributed by atoms with Crippen molar-refractivity contribution >= 4 is 28.2 Å². The van der Waals surface area contributed by atoms with Gasteiger partial charge in [0.15, 0.2) is 4.34 Å². The zero-order valence-electron chi connectivity index (χ0n) is 7.06. The predicted octanol–water partition coefficient (Wildman–Crippen LogP) is 1.22. The first-order chi connectivity index (χ1) is 6.36. The highest BCUT2D eigenvalue weighted by molar-refractivity contribution is 8.01. The maximum Gasteiger partial charge on any atom is 0.206 e. The van der Waals surface area contributed by atoms with E-state index in [2.05, 4.69) is 22.1 Å². The number of aromatic nitrogens is 2. The first-order valence-electron chi connectivity index (χ1n) is 3.78. The molecular formula is C7H11N3OS2. The summed E-state index contributed by atoms with van der Waals surface area (Å²) in [6.07, 6.45) is 1.77. The summed E-state index contributed by atoms with van der Waals surface area (Å²) < 4.78 is 0.876. The van der Waals surface area contributed by atoms with Crippen LogP contribution in [0.3, 0.4) is 0 Å². The topological polar surface area (TPSA) is 58.0 Å². The van der Waals surface area contributed by atoms with Crippen LogP contribution >= 0.6 is 23.1 Å². The molecule has 0 spiro atoms. The summed E-state index contributed by atoms with van der Waals surface area (Å²) in [5, 5.41) is 20.3. The number of nitrogens with zero attached hydrogens (tertiary/aromatic N) is 2. The van der Waals surface area contributed by atoms with Gasteiger partial charge in [0.1, 0.15) is 0 Å². The van der Waals surface area contributed by atoms with Crippen molar-refractivity contribution in [3.8, 4) is 0 Å². The molecule has 0 aliphatic heterocycles. The summed E-state index contributed by atoms with van der Waals surface area (Å²) in [6, 6.07) is 0. The maximum absolute atomic E-state index is 8.58. The van der Waals surface area contributed by atoms with E-state index in [1.807, 2.05) is 0 Å². The first kappa shape index (κ1) is 10.5. The van der Waals surface area contributed by atoms with Gasteiger partial charge in [-0.15, -0.1) is 16.8 Å². The van der Waals surface area contributed by atoms with E-state index in [0.717, 1.165) is 9.47 Å². The standard InChI is InChI=1S/C7H11N3OS2/c1-2-3-8-6-9-10-7(13-6)12-5-4-11/h2,11H,1,3-5H2,(H,8,9). The number of hydrogen-bond acceptors (Lipinski definition) is 6. The van der Waals surface area contributed by atoms with Gasteiger partial charge in [0.25, 0.3) is 0 Å². The molecule has 0 aliphatic carbocycles. The number of aliphatic hydroxyl groups is 1. The molecule has 0 aliphatic rings. The second kappa shape index (κ2) is 5.95. The van der Waals surface area contributed by atoms with E-state index in [-0.39, 0.29) is 6.61 Å². The minimum atomic E-state index is 0.166. The third-order valence-corrected chi connectivity index (χ3v) is 3.12. The van der Waals surface area contributed by atoms with E-state index in [0.29, 0.717) is 12.3 Å². The molecule has 4 nitrogen and oxygen atoms in total. The van der Waals surface area contributed by atoms with Crippen LogP contribution in [0.25, 0.3) is 0 Å². The Hall–Kier alpha value is -0.590. The zero-order chi connectivity index (χ0) is 9.52. The van der Waals surface area contributed by atoms with Crippen LogP contribution in [0.5, 0.6) is 0 Å². The van der Waals surface area contributed by atoms with Crippen LogP contribution in [-0.2, 0) is 0 Å². The van der Waals surface area contributed by atoms with Gasteiger partial charge in [0.05, 0.1) is 6.61 Å². The second-order valence-corrected chi connectivity index (χ2v) is 4.43. The Morgan fingerprint density at radius 1 is 1.62 bits per heavy atom. The molecule has 0 bridgehead atoms. The van der Waals surface area contributed by atoms with E-state index in [9.17, 15) is 0 Å². The minimum absolute atomic E-state index is 0.166. The molecule has 1 aromatic heterocycles. The maximum atomic E-state index is 8.58. The highest BCUT2D eigenvalue weighted by Crippen LogP contribution is 2.24. The van der Waals surface area contributed by atoms with Crippen LogP contribution in [0.4, 0.5) is 5.13 Å². The van der Waals surface area contributed by atoms with E-state index < -0.39 is 0 Å². The number of rotatable bonds is 6. The van der Waals surface area contributed by atoms with Crippen molar-refractivity contribution < 1.29 is 5.11 Å². The highest BCUT2D eigenvalue weighted by Gasteiger charge is 2.02. The Bertz CT molecular complexity index is 264. The van der Waals surface area contributed by atoms with E-state index in [4.69, 9.17) is 5.11 Å². The lowest BCUT2D eigenvalue weighted by Crippen LogP contribution is -1.96. The Kier molecular flexibility index (Phi) is 4.81. The fourth-order valence-corrected chi connectivity index (χ4v) is 2.20. The molecule has 0 saturated heterocycles.